The molecule has 0 aromatic heterocycles. The molecule has 1 aromatic rings. The summed E-state index contributed by atoms with van der Waals surface area (Å²) in [6.45, 7) is 4.55. The molecule has 0 spiro atoms. The molecule has 116 valence electrons. The van der Waals surface area contributed by atoms with E-state index in [1.165, 1.54) is 0 Å². The zero-order chi connectivity index (χ0) is 15.2. The Kier molecular flexibility index (Phi) is 3.84. The summed E-state index contributed by atoms with van der Waals surface area (Å²) >= 11 is 0. The Morgan fingerprint density at radius 1 is 1.19 bits per heavy atom. The molecule has 0 unspecified atom stereocenters. The molecule has 2 aliphatic rings. The van der Waals surface area contributed by atoms with Crippen LogP contribution in [0.15, 0.2) is 29.2 Å². The number of sulfonamides is 1. The molecular formula is C16H23NO3S. The maximum atomic E-state index is 12.9. The van der Waals surface area contributed by atoms with Crippen LogP contribution in [0.4, 0.5) is 0 Å². The molecule has 21 heavy (non-hydrogen) atoms. The van der Waals surface area contributed by atoms with Crippen molar-refractivity contribution < 1.29 is 13.5 Å². The lowest BCUT2D eigenvalue weighted by Gasteiger charge is -2.35. The second-order valence-electron chi connectivity index (χ2n) is 6.52. The van der Waals surface area contributed by atoms with E-state index in [1.54, 1.807) is 16.4 Å². The largest absolute Gasteiger partial charge is 0.391 e. The highest BCUT2D eigenvalue weighted by Crippen LogP contribution is 2.42. The molecule has 1 aliphatic heterocycles. The van der Waals surface area contributed by atoms with Crippen molar-refractivity contribution in [2.45, 2.75) is 50.2 Å². The van der Waals surface area contributed by atoms with Crippen molar-refractivity contribution in [3.63, 3.8) is 0 Å². The fraction of sp³-hybridized carbons (Fsp3) is 0.625. The normalized spacial score (nSPS) is 33.9. The van der Waals surface area contributed by atoms with Gasteiger partial charge in [0, 0.05) is 6.54 Å². The summed E-state index contributed by atoms with van der Waals surface area (Å²) in [5.41, 5.74) is 1.04. The number of aryl methyl sites for hydroxylation is 1. The van der Waals surface area contributed by atoms with Gasteiger partial charge in [-0.25, -0.2) is 8.42 Å². The quantitative estimate of drug-likeness (QED) is 0.911. The third-order valence-corrected chi connectivity index (χ3v) is 6.91. The van der Waals surface area contributed by atoms with Crippen molar-refractivity contribution in [1.82, 2.24) is 4.31 Å². The number of hydrogen-bond donors (Lipinski definition) is 1. The number of fused-ring (bicyclic) bond motifs is 1. The van der Waals surface area contributed by atoms with E-state index in [-0.39, 0.29) is 12.0 Å². The molecule has 0 bridgehead atoms. The third kappa shape index (κ3) is 2.51. The number of aliphatic hydroxyl groups excluding tert-OH is 1. The highest BCUT2D eigenvalue weighted by atomic mass is 32.2. The summed E-state index contributed by atoms with van der Waals surface area (Å²) in [6, 6.07) is 6.72. The van der Waals surface area contributed by atoms with Gasteiger partial charge in [0.25, 0.3) is 0 Å². The molecule has 4 atom stereocenters. The van der Waals surface area contributed by atoms with Gasteiger partial charge in [-0.1, -0.05) is 31.0 Å². The van der Waals surface area contributed by atoms with Gasteiger partial charge in [-0.3, -0.25) is 0 Å². The van der Waals surface area contributed by atoms with Gasteiger partial charge < -0.3 is 5.11 Å². The van der Waals surface area contributed by atoms with Crippen molar-refractivity contribution in [1.29, 1.82) is 0 Å². The standard InChI is InChI=1S/C16H23NO3S/c1-11-6-8-13(9-7-11)21(19,20)17-10-12(2)14-4-3-5-15(18)16(14)17/h6-9,12,14-16,18H,3-5,10H2,1-2H3/t12-,14+,15-,16-/m0/s1. The molecule has 2 fully saturated rings. The SMILES string of the molecule is Cc1ccc(S(=O)(=O)N2C[C@H](C)[C@H]3CCC[C@H](O)[C@H]32)cc1. The minimum Gasteiger partial charge on any atom is -0.391 e. The van der Waals surface area contributed by atoms with Gasteiger partial charge in [0.15, 0.2) is 0 Å². The molecule has 4 nitrogen and oxygen atoms in total. The summed E-state index contributed by atoms with van der Waals surface area (Å²) in [7, 11) is -3.52. The molecule has 0 amide bonds. The van der Waals surface area contributed by atoms with Crippen LogP contribution in [0.2, 0.25) is 0 Å². The van der Waals surface area contributed by atoms with Crippen LogP contribution in [-0.2, 0) is 10.0 Å². The lowest BCUT2D eigenvalue weighted by molar-refractivity contribution is 0.0473. The Balaban J connectivity index is 1.96. The van der Waals surface area contributed by atoms with Gasteiger partial charge in [-0.15, -0.1) is 0 Å². The van der Waals surface area contributed by atoms with E-state index in [4.69, 9.17) is 0 Å². The molecule has 1 aromatic carbocycles. The van der Waals surface area contributed by atoms with Crippen LogP contribution in [-0.4, -0.2) is 36.5 Å². The molecule has 5 heteroatoms. The van der Waals surface area contributed by atoms with Crippen molar-refractivity contribution in [2.75, 3.05) is 6.54 Å². The van der Waals surface area contributed by atoms with Gasteiger partial charge in [-0.05, 0) is 43.7 Å². The van der Waals surface area contributed by atoms with Crippen molar-refractivity contribution in [2.24, 2.45) is 11.8 Å². The minimum atomic E-state index is -3.52. The van der Waals surface area contributed by atoms with Crippen LogP contribution in [0.5, 0.6) is 0 Å². The summed E-state index contributed by atoms with van der Waals surface area (Å²) in [5, 5.41) is 10.3. The average molecular weight is 309 g/mol. The van der Waals surface area contributed by atoms with Gasteiger partial charge in [0.1, 0.15) is 0 Å². The Bertz CT molecular complexity index is 611. The average Bonchev–Trinajstić information content (AvgIpc) is 2.79. The van der Waals surface area contributed by atoms with E-state index in [2.05, 4.69) is 6.92 Å². The first kappa shape index (κ1) is 15.0. The highest BCUT2D eigenvalue weighted by Gasteiger charge is 2.49. The third-order valence-electron chi connectivity index (χ3n) is 5.03. The second-order valence-corrected chi connectivity index (χ2v) is 8.41. The molecule has 1 saturated carbocycles. The van der Waals surface area contributed by atoms with E-state index >= 15 is 0 Å². The van der Waals surface area contributed by atoms with Crippen LogP contribution in [0, 0.1) is 18.8 Å². The molecule has 1 aliphatic carbocycles. The Labute approximate surface area is 126 Å². The van der Waals surface area contributed by atoms with E-state index in [0.717, 1.165) is 18.4 Å². The maximum absolute atomic E-state index is 12.9. The van der Waals surface area contributed by atoms with Gasteiger partial charge in [-0.2, -0.15) is 4.31 Å². The first-order chi connectivity index (χ1) is 9.91. The molecule has 3 rings (SSSR count). The van der Waals surface area contributed by atoms with Crippen molar-refractivity contribution in [3.8, 4) is 0 Å². The van der Waals surface area contributed by atoms with Crippen LogP contribution >= 0.6 is 0 Å². The molecule has 1 saturated heterocycles. The van der Waals surface area contributed by atoms with Crippen molar-refractivity contribution >= 4 is 10.0 Å². The summed E-state index contributed by atoms with van der Waals surface area (Å²) in [4.78, 5) is 0.332. The van der Waals surface area contributed by atoms with Gasteiger partial charge in [0.2, 0.25) is 10.0 Å². The van der Waals surface area contributed by atoms with Crippen LogP contribution in [0.25, 0.3) is 0 Å². The second kappa shape index (κ2) is 5.38. The molecule has 0 radical (unpaired) electrons. The first-order valence-corrected chi connectivity index (χ1v) is 9.12. The number of benzene rings is 1. The zero-order valence-corrected chi connectivity index (χ0v) is 13.4. The van der Waals surface area contributed by atoms with E-state index < -0.39 is 16.1 Å². The van der Waals surface area contributed by atoms with Gasteiger partial charge in [0.05, 0.1) is 17.0 Å². The highest BCUT2D eigenvalue weighted by molar-refractivity contribution is 7.89. The van der Waals surface area contributed by atoms with Crippen LogP contribution in [0.3, 0.4) is 0 Å². The maximum Gasteiger partial charge on any atom is 0.243 e. The minimum absolute atomic E-state index is 0.250. The predicted octanol–water partition coefficient (Wildman–Crippen LogP) is 2.17. The number of aliphatic hydroxyl groups is 1. The Morgan fingerprint density at radius 2 is 1.86 bits per heavy atom. The predicted molar refractivity (Wildman–Crippen MR) is 81.4 cm³/mol. The summed E-state index contributed by atoms with van der Waals surface area (Å²) in [5.74, 6) is 0.596. The smallest absolute Gasteiger partial charge is 0.243 e. The fourth-order valence-corrected chi connectivity index (χ4v) is 5.66. The van der Waals surface area contributed by atoms with Crippen molar-refractivity contribution in [3.05, 3.63) is 29.8 Å². The van der Waals surface area contributed by atoms with E-state index in [0.29, 0.717) is 23.8 Å². The van der Waals surface area contributed by atoms with Crippen LogP contribution in [0.1, 0.15) is 31.7 Å². The number of rotatable bonds is 2. The summed E-state index contributed by atoms with van der Waals surface area (Å²) in [6.07, 6.45) is 2.18. The lowest BCUT2D eigenvalue weighted by Crippen LogP contribution is -2.47. The Hall–Kier alpha value is -0.910. The van der Waals surface area contributed by atoms with E-state index in [9.17, 15) is 13.5 Å². The lowest BCUT2D eigenvalue weighted by atomic mass is 9.79. The molecule has 1 N–H and O–H groups in total. The molecular weight excluding hydrogens is 286 g/mol. The van der Waals surface area contributed by atoms with Gasteiger partial charge >= 0.3 is 0 Å². The summed E-state index contributed by atoms with van der Waals surface area (Å²) < 4.78 is 27.4. The van der Waals surface area contributed by atoms with E-state index in [1.807, 2.05) is 19.1 Å². The zero-order valence-electron chi connectivity index (χ0n) is 12.6. The number of hydrogen-bond acceptors (Lipinski definition) is 3. The molecule has 1 heterocycles. The Morgan fingerprint density at radius 3 is 2.52 bits per heavy atom. The monoisotopic (exact) mass is 309 g/mol. The fourth-order valence-electron chi connectivity index (χ4n) is 3.86. The topological polar surface area (TPSA) is 57.6 Å². The number of nitrogens with zero attached hydrogens (tertiary/aromatic N) is 1. The first-order valence-electron chi connectivity index (χ1n) is 7.68. The van der Waals surface area contributed by atoms with Crippen LogP contribution < -0.4 is 0 Å².